The third kappa shape index (κ3) is 4.60. The molecule has 1 N–H and O–H groups in total. The molecule has 2 heterocycles. The molecular weight excluding hydrogens is 468 g/mol. The van der Waals surface area contributed by atoms with E-state index in [9.17, 15) is 14.9 Å². The Hall–Kier alpha value is -4.02. The summed E-state index contributed by atoms with van der Waals surface area (Å²) in [5, 5.41) is 13.8. The van der Waals surface area contributed by atoms with Crippen molar-refractivity contribution in [3.8, 4) is 17.3 Å². The highest BCUT2D eigenvalue weighted by Gasteiger charge is 2.25. The van der Waals surface area contributed by atoms with E-state index in [1.165, 1.54) is 5.56 Å². The largest absolute Gasteiger partial charge is 0.338 e. The normalized spacial score (nSPS) is 10.8. The van der Waals surface area contributed by atoms with Crippen molar-refractivity contribution in [3.05, 3.63) is 81.2 Å². The number of aryl methyl sites for hydroxylation is 2. The van der Waals surface area contributed by atoms with Crippen LogP contribution < -0.4 is 5.32 Å². The number of para-hydroxylation sites is 1. The monoisotopic (exact) mass is 496 g/mol. The summed E-state index contributed by atoms with van der Waals surface area (Å²) in [5.74, 6) is -0.482. The minimum Gasteiger partial charge on any atom is -0.338 e. The summed E-state index contributed by atoms with van der Waals surface area (Å²) in [4.78, 5) is 33.6. The topological polar surface area (TPSA) is 86.1 Å². The van der Waals surface area contributed by atoms with Gasteiger partial charge in [0.1, 0.15) is 11.1 Å². The zero-order valence-electron chi connectivity index (χ0n) is 21.1. The van der Waals surface area contributed by atoms with Crippen LogP contribution in [-0.2, 0) is 0 Å². The Kier molecular flexibility index (Phi) is 7.18. The molecule has 0 spiro atoms. The summed E-state index contributed by atoms with van der Waals surface area (Å²) in [6.45, 7) is 10.8. The first-order valence-electron chi connectivity index (χ1n) is 11.9. The Morgan fingerprint density at radius 3 is 2.42 bits per heavy atom. The average Bonchev–Trinajstić information content (AvgIpc) is 3.20. The molecule has 0 radical (unpaired) electrons. The Morgan fingerprint density at radius 2 is 1.75 bits per heavy atom. The van der Waals surface area contributed by atoms with Crippen LogP contribution in [-0.4, -0.2) is 34.8 Å². The fourth-order valence-corrected chi connectivity index (χ4v) is 5.30. The van der Waals surface area contributed by atoms with E-state index in [0.29, 0.717) is 56.3 Å². The molecule has 0 atom stereocenters. The summed E-state index contributed by atoms with van der Waals surface area (Å²) in [6.07, 6.45) is 0. The summed E-state index contributed by atoms with van der Waals surface area (Å²) in [7, 11) is 0. The van der Waals surface area contributed by atoms with Crippen LogP contribution in [0.25, 0.3) is 22.2 Å². The van der Waals surface area contributed by atoms with Crippen LogP contribution in [0.1, 0.15) is 56.1 Å². The first-order chi connectivity index (χ1) is 17.3. The van der Waals surface area contributed by atoms with Gasteiger partial charge in [-0.1, -0.05) is 30.3 Å². The van der Waals surface area contributed by atoms with E-state index in [1.54, 1.807) is 17.9 Å². The van der Waals surface area contributed by atoms with E-state index in [-0.39, 0.29) is 11.8 Å². The standard InChI is InChI=1S/C29H28N4O2S/c1-6-33(7-2)29(35)26-19(5)23(16-30)28(36-26)32-27(34)22-15-25(20-13-12-17(3)18(4)14-20)31-24-11-9-8-10-21(22)24/h8-15H,6-7H2,1-5H3,(H,32,34). The zero-order valence-corrected chi connectivity index (χ0v) is 21.9. The quantitative estimate of drug-likeness (QED) is 0.330. The van der Waals surface area contributed by atoms with Crippen molar-refractivity contribution in [1.82, 2.24) is 9.88 Å². The second-order valence-electron chi connectivity index (χ2n) is 8.67. The molecule has 4 rings (SSSR count). The van der Waals surface area contributed by atoms with Crippen molar-refractivity contribution in [2.24, 2.45) is 0 Å². The summed E-state index contributed by atoms with van der Waals surface area (Å²) < 4.78 is 0. The highest BCUT2D eigenvalue weighted by molar-refractivity contribution is 7.18. The highest BCUT2D eigenvalue weighted by Crippen LogP contribution is 2.34. The maximum Gasteiger partial charge on any atom is 0.264 e. The lowest BCUT2D eigenvalue weighted by Gasteiger charge is -2.17. The van der Waals surface area contributed by atoms with Crippen molar-refractivity contribution in [2.45, 2.75) is 34.6 Å². The van der Waals surface area contributed by atoms with Gasteiger partial charge in [-0.05, 0) is 69.5 Å². The first-order valence-corrected chi connectivity index (χ1v) is 12.7. The van der Waals surface area contributed by atoms with Crippen LogP contribution in [0.2, 0.25) is 0 Å². The Bertz CT molecular complexity index is 1530. The van der Waals surface area contributed by atoms with Gasteiger partial charge in [-0.2, -0.15) is 5.26 Å². The number of hydrogen-bond donors (Lipinski definition) is 1. The number of carbonyl (C=O) groups is 2. The van der Waals surface area contributed by atoms with Gasteiger partial charge in [-0.3, -0.25) is 9.59 Å². The third-order valence-electron chi connectivity index (χ3n) is 6.49. The van der Waals surface area contributed by atoms with Gasteiger partial charge >= 0.3 is 0 Å². The maximum absolute atomic E-state index is 13.6. The van der Waals surface area contributed by atoms with E-state index in [2.05, 4.69) is 24.4 Å². The minimum absolute atomic E-state index is 0.133. The highest BCUT2D eigenvalue weighted by atomic mass is 32.1. The molecule has 182 valence electrons. The number of anilines is 1. The van der Waals surface area contributed by atoms with Gasteiger partial charge < -0.3 is 10.2 Å². The zero-order chi connectivity index (χ0) is 26.0. The van der Waals surface area contributed by atoms with Crippen LogP contribution in [0, 0.1) is 32.1 Å². The molecule has 0 bridgehead atoms. The number of hydrogen-bond acceptors (Lipinski definition) is 5. The number of nitriles is 1. The number of pyridine rings is 1. The van der Waals surface area contributed by atoms with Gasteiger partial charge in [0, 0.05) is 24.0 Å². The van der Waals surface area contributed by atoms with Crippen molar-refractivity contribution in [2.75, 3.05) is 18.4 Å². The second kappa shape index (κ2) is 10.3. The Balaban J connectivity index is 1.78. The first kappa shape index (κ1) is 25.1. The van der Waals surface area contributed by atoms with Crippen LogP contribution >= 0.6 is 11.3 Å². The predicted octanol–water partition coefficient (Wildman–Crippen LogP) is 6.49. The fraction of sp³-hybridized carbons (Fsp3) is 0.241. The van der Waals surface area contributed by atoms with Crippen LogP contribution in [0.5, 0.6) is 0 Å². The molecule has 2 aromatic heterocycles. The lowest BCUT2D eigenvalue weighted by atomic mass is 10.0. The lowest BCUT2D eigenvalue weighted by molar-refractivity contribution is 0.0777. The molecule has 2 amide bonds. The molecule has 4 aromatic rings. The number of nitrogens with zero attached hydrogens (tertiary/aromatic N) is 3. The number of nitrogens with one attached hydrogen (secondary N) is 1. The number of fused-ring (bicyclic) bond motifs is 1. The number of aromatic nitrogens is 1. The number of thiophene rings is 1. The van der Waals surface area contributed by atoms with Crippen molar-refractivity contribution < 1.29 is 9.59 Å². The Morgan fingerprint density at radius 1 is 1.03 bits per heavy atom. The SMILES string of the molecule is CCN(CC)C(=O)c1sc(NC(=O)c2cc(-c3ccc(C)c(C)c3)nc3ccccc23)c(C#N)c1C. The number of rotatable bonds is 6. The van der Waals surface area contributed by atoms with Gasteiger partial charge in [0.15, 0.2) is 0 Å². The number of carbonyl (C=O) groups excluding carboxylic acids is 2. The average molecular weight is 497 g/mol. The van der Waals surface area contributed by atoms with Crippen LogP contribution in [0.3, 0.4) is 0 Å². The summed E-state index contributed by atoms with van der Waals surface area (Å²) in [5.41, 5.74) is 6.02. The molecule has 6 nitrogen and oxygen atoms in total. The van der Waals surface area contributed by atoms with Crippen LogP contribution in [0.15, 0.2) is 48.5 Å². The van der Waals surface area contributed by atoms with Crippen molar-refractivity contribution in [1.29, 1.82) is 5.26 Å². The Labute approximate surface area is 215 Å². The number of amides is 2. The van der Waals surface area contributed by atoms with Gasteiger partial charge in [-0.25, -0.2) is 4.98 Å². The molecule has 0 saturated carbocycles. The van der Waals surface area contributed by atoms with E-state index in [1.807, 2.05) is 57.2 Å². The fourth-order valence-electron chi connectivity index (χ4n) is 4.18. The molecule has 0 unspecified atom stereocenters. The summed E-state index contributed by atoms with van der Waals surface area (Å²) >= 11 is 1.15. The lowest BCUT2D eigenvalue weighted by Crippen LogP contribution is -2.30. The van der Waals surface area contributed by atoms with Gasteiger partial charge in [0.05, 0.1) is 27.2 Å². The third-order valence-corrected chi connectivity index (χ3v) is 7.69. The second-order valence-corrected chi connectivity index (χ2v) is 9.70. The molecule has 2 aromatic carbocycles. The molecule has 0 aliphatic heterocycles. The molecule has 7 heteroatoms. The van der Waals surface area contributed by atoms with E-state index >= 15 is 0 Å². The van der Waals surface area contributed by atoms with E-state index in [0.717, 1.165) is 22.5 Å². The van der Waals surface area contributed by atoms with E-state index in [4.69, 9.17) is 4.98 Å². The number of benzene rings is 2. The minimum atomic E-state index is -0.349. The molecule has 0 fully saturated rings. The molecule has 0 aliphatic rings. The van der Waals surface area contributed by atoms with Gasteiger partial charge in [0.25, 0.3) is 11.8 Å². The molecular formula is C29H28N4O2S. The van der Waals surface area contributed by atoms with Crippen molar-refractivity contribution >= 4 is 39.1 Å². The van der Waals surface area contributed by atoms with Gasteiger partial charge in [-0.15, -0.1) is 11.3 Å². The van der Waals surface area contributed by atoms with Crippen molar-refractivity contribution in [3.63, 3.8) is 0 Å². The summed E-state index contributed by atoms with van der Waals surface area (Å²) in [6, 6.07) is 17.6. The molecule has 0 saturated heterocycles. The van der Waals surface area contributed by atoms with Crippen LogP contribution in [0.4, 0.5) is 5.00 Å². The van der Waals surface area contributed by atoms with E-state index < -0.39 is 0 Å². The smallest absolute Gasteiger partial charge is 0.264 e. The molecule has 36 heavy (non-hydrogen) atoms. The van der Waals surface area contributed by atoms with Gasteiger partial charge in [0.2, 0.25) is 0 Å². The molecule has 0 aliphatic carbocycles. The maximum atomic E-state index is 13.6. The predicted molar refractivity (Wildman–Crippen MR) is 146 cm³/mol.